The minimum absolute atomic E-state index is 0.0984. The lowest BCUT2D eigenvalue weighted by molar-refractivity contribution is 0.0682. The van der Waals surface area contributed by atoms with Crippen LogP contribution in [-0.4, -0.2) is 21.9 Å². The Labute approximate surface area is 147 Å². The molecule has 1 fully saturated rings. The fourth-order valence-corrected chi connectivity index (χ4v) is 3.47. The van der Waals surface area contributed by atoms with Crippen LogP contribution in [0.25, 0.3) is 6.08 Å². The normalized spacial score (nSPS) is 25.3. The molecule has 2 N–H and O–H groups in total. The number of aliphatic hydroxyl groups excluding tert-OH is 1. The number of hydrogen-bond acceptors (Lipinski definition) is 2. The Bertz CT molecular complexity index is 531. The third-order valence-corrected chi connectivity index (χ3v) is 5.23. The van der Waals surface area contributed by atoms with Gasteiger partial charge >= 0.3 is 0 Å². The molecule has 1 aromatic carbocycles. The maximum absolute atomic E-state index is 9.77. The summed E-state index contributed by atoms with van der Waals surface area (Å²) in [6, 6.07) is 8.78. The largest absolute Gasteiger partial charge is 0.393 e. The van der Waals surface area contributed by atoms with E-state index in [1.54, 1.807) is 0 Å². The van der Waals surface area contributed by atoms with E-state index in [0.29, 0.717) is 0 Å². The van der Waals surface area contributed by atoms with Crippen LogP contribution in [-0.2, 0) is 6.42 Å². The molecule has 0 bridgehead atoms. The summed E-state index contributed by atoms with van der Waals surface area (Å²) in [7, 11) is 0. The van der Waals surface area contributed by atoms with Crippen molar-refractivity contribution in [3.63, 3.8) is 0 Å². The molecule has 2 rings (SSSR count). The third kappa shape index (κ3) is 6.78. The summed E-state index contributed by atoms with van der Waals surface area (Å²) in [6.45, 7) is 6.06. The van der Waals surface area contributed by atoms with Gasteiger partial charge in [-0.3, -0.25) is 0 Å². The molecule has 2 heteroatoms. The van der Waals surface area contributed by atoms with Crippen LogP contribution in [0.2, 0.25) is 0 Å². The molecular weight excluding hydrogens is 296 g/mol. The van der Waals surface area contributed by atoms with E-state index in [1.807, 2.05) is 13.8 Å². The molecule has 0 atom stereocenters. The monoisotopic (exact) mass is 330 g/mol. The van der Waals surface area contributed by atoms with Gasteiger partial charge in [-0.25, -0.2) is 0 Å². The van der Waals surface area contributed by atoms with Gasteiger partial charge < -0.3 is 10.2 Å². The first-order valence-corrected chi connectivity index (χ1v) is 9.44. The van der Waals surface area contributed by atoms with Crippen molar-refractivity contribution < 1.29 is 10.2 Å². The van der Waals surface area contributed by atoms with Gasteiger partial charge in [-0.2, -0.15) is 0 Å². The number of benzene rings is 1. The molecule has 1 saturated carbocycles. The molecule has 0 aliphatic heterocycles. The average Bonchev–Trinajstić information content (AvgIpc) is 2.53. The summed E-state index contributed by atoms with van der Waals surface area (Å²) in [4.78, 5) is 0. The van der Waals surface area contributed by atoms with Gasteiger partial charge in [-0.1, -0.05) is 49.8 Å². The molecule has 0 heterocycles. The van der Waals surface area contributed by atoms with Crippen LogP contribution in [0.15, 0.2) is 30.3 Å². The predicted octanol–water partition coefficient (Wildman–Crippen LogP) is 5.12. The Morgan fingerprint density at radius 3 is 2.58 bits per heavy atom. The van der Waals surface area contributed by atoms with E-state index in [2.05, 4.69) is 43.3 Å². The van der Waals surface area contributed by atoms with Gasteiger partial charge in [-0.15, -0.1) is 0 Å². The standard InChI is InChI=1S/C22H34O2/c1-21(2,24)13-5-4-7-18-8-6-9-19(17-18)10-14-22(3)15-11-20(23)12-16-22/h6,8-10,14,17,20,23-24H,4-5,7,11-13,15-16H2,1-3H3/b14-10+. The van der Waals surface area contributed by atoms with Crippen molar-refractivity contribution in [1.29, 1.82) is 0 Å². The highest BCUT2D eigenvalue weighted by atomic mass is 16.3. The first-order chi connectivity index (χ1) is 11.3. The maximum atomic E-state index is 9.77. The fraction of sp³-hybridized carbons (Fsp3) is 0.636. The fourth-order valence-electron chi connectivity index (χ4n) is 3.47. The second kappa shape index (κ2) is 8.31. The summed E-state index contributed by atoms with van der Waals surface area (Å²) in [5.41, 5.74) is 2.31. The molecule has 0 spiro atoms. The predicted molar refractivity (Wildman–Crippen MR) is 102 cm³/mol. The molecule has 0 aromatic heterocycles. The van der Waals surface area contributed by atoms with Crippen LogP contribution in [0.1, 0.15) is 76.8 Å². The highest BCUT2D eigenvalue weighted by Gasteiger charge is 2.27. The zero-order chi connectivity index (χ0) is 17.6. The Balaban J connectivity index is 1.87. The number of aliphatic hydroxyl groups is 2. The molecule has 2 nitrogen and oxygen atoms in total. The maximum Gasteiger partial charge on any atom is 0.0591 e. The van der Waals surface area contributed by atoms with E-state index in [0.717, 1.165) is 51.4 Å². The van der Waals surface area contributed by atoms with Gasteiger partial charge in [-0.05, 0) is 75.3 Å². The van der Waals surface area contributed by atoms with Crippen molar-refractivity contribution in [3.8, 4) is 0 Å². The van der Waals surface area contributed by atoms with E-state index in [-0.39, 0.29) is 11.5 Å². The van der Waals surface area contributed by atoms with Crippen LogP contribution in [0.5, 0.6) is 0 Å². The van der Waals surface area contributed by atoms with Crippen molar-refractivity contribution in [3.05, 3.63) is 41.5 Å². The molecule has 134 valence electrons. The Morgan fingerprint density at radius 2 is 1.92 bits per heavy atom. The summed E-state index contributed by atoms with van der Waals surface area (Å²) in [6.07, 6.45) is 12.6. The van der Waals surface area contributed by atoms with Crippen molar-refractivity contribution >= 4 is 6.08 Å². The first-order valence-electron chi connectivity index (χ1n) is 9.44. The van der Waals surface area contributed by atoms with Gasteiger partial charge in [0.2, 0.25) is 0 Å². The Hall–Kier alpha value is -1.12. The lowest BCUT2D eigenvalue weighted by Gasteiger charge is -2.33. The van der Waals surface area contributed by atoms with E-state index in [4.69, 9.17) is 0 Å². The minimum Gasteiger partial charge on any atom is -0.393 e. The van der Waals surface area contributed by atoms with E-state index in [9.17, 15) is 10.2 Å². The highest BCUT2D eigenvalue weighted by molar-refractivity contribution is 5.51. The SMILES string of the molecule is CC(C)(O)CCCCc1cccc(/C=C/C2(C)CCC(O)CC2)c1. The van der Waals surface area contributed by atoms with Gasteiger partial charge in [0, 0.05) is 0 Å². The van der Waals surface area contributed by atoms with Crippen molar-refractivity contribution in [1.82, 2.24) is 0 Å². The first kappa shape index (κ1) is 19.2. The number of unbranched alkanes of at least 4 members (excludes halogenated alkanes) is 1. The van der Waals surface area contributed by atoms with Gasteiger partial charge in [0.1, 0.15) is 0 Å². The van der Waals surface area contributed by atoms with Crippen LogP contribution in [0.4, 0.5) is 0 Å². The van der Waals surface area contributed by atoms with Crippen molar-refractivity contribution in [2.75, 3.05) is 0 Å². The molecule has 1 aliphatic carbocycles. The van der Waals surface area contributed by atoms with E-state index in [1.165, 1.54) is 11.1 Å². The summed E-state index contributed by atoms with van der Waals surface area (Å²) in [5.74, 6) is 0. The van der Waals surface area contributed by atoms with Crippen molar-refractivity contribution in [2.24, 2.45) is 5.41 Å². The van der Waals surface area contributed by atoms with Crippen molar-refractivity contribution in [2.45, 2.75) is 83.8 Å². The third-order valence-electron chi connectivity index (χ3n) is 5.23. The van der Waals surface area contributed by atoms with Crippen LogP contribution in [0, 0.1) is 5.41 Å². The van der Waals surface area contributed by atoms with Crippen LogP contribution >= 0.6 is 0 Å². The van der Waals surface area contributed by atoms with Gasteiger partial charge in [0.25, 0.3) is 0 Å². The zero-order valence-corrected chi connectivity index (χ0v) is 15.6. The second-order valence-corrected chi connectivity index (χ2v) is 8.48. The Morgan fingerprint density at radius 1 is 1.21 bits per heavy atom. The lowest BCUT2D eigenvalue weighted by Crippen LogP contribution is -2.25. The zero-order valence-electron chi connectivity index (χ0n) is 15.6. The van der Waals surface area contributed by atoms with Gasteiger partial charge in [0.15, 0.2) is 0 Å². The molecule has 0 radical (unpaired) electrons. The summed E-state index contributed by atoms with van der Waals surface area (Å²) in [5, 5.41) is 19.4. The highest BCUT2D eigenvalue weighted by Crippen LogP contribution is 2.37. The molecule has 24 heavy (non-hydrogen) atoms. The molecule has 1 aromatic rings. The number of aryl methyl sites for hydroxylation is 1. The summed E-state index contributed by atoms with van der Waals surface area (Å²) < 4.78 is 0. The molecule has 1 aliphatic rings. The molecule has 0 saturated heterocycles. The molecule has 0 unspecified atom stereocenters. The number of allylic oxidation sites excluding steroid dienone is 1. The lowest BCUT2D eigenvalue weighted by atomic mass is 9.74. The Kier molecular flexibility index (Phi) is 6.65. The second-order valence-electron chi connectivity index (χ2n) is 8.48. The number of rotatable bonds is 7. The van der Waals surface area contributed by atoms with Crippen LogP contribution < -0.4 is 0 Å². The van der Waals surface area contributed by atoms with E-state index >= 15 is 0 Å². The average molecular weight is 331 g/mol. The summed E-state index contributed by atoms with van der Waals surface area (Å²) >= 11 is 0. The minimum atomic E-state index is -0.548. The smallest absolute Gasteiger partial charge is 0.0591 e. The van der Waals surface area contributed by atoms with Gasteiger partial charge in [0.05, 0.1) is 11.7 Å². The number of hydrogen-bond donors (Lipinski definition) is 2. The van der Waals surface area contributed by atoms with E-state index < -0.39 is 5.60 Å². The topological polar surface area (TPSA) is 40.5 Å². The van der Waals surface area contributed by atoms with Crippen LogP contribution in [0.3, 0.4) is 0 Å². The quantitative estimate of drug-likeness (QED) is 0.681. The molecule has 0 amide bonds. The molecular formula is C22H34O2.